The van der Waals surface area contributed by atoms with Gasteiger partial charge in [-0.15, -0.1) is 0 Å². The van der Waals surface area contributed by atoms with E-state index in [1.807, 2.05) is 24.3 Å². The van der Waals surface area contributed by atoms with Crippen molar-refractivity contribution in [1.82, 2.24) is 0 Å². The van der Waals surface area contributed by atoms with Crippen molar-refractivity contribution in [1.29, 1.82) is 0 Å². The van der Waals surface area contributed by atoms with Crippen molar-refractivity contribution in [2.45, 2.75) is 19.3 Å². The first kappa shape index (κ1) is 21.0. The van der Waals surface area contributed by atoms with Gasteiger partial charge >= 0.3 is 0 Å². The summed E-state index contributed by atoms with van der Waals surface area (Å²) in [7, 11) is 0. The van der Waals surface area contributed by atoms with Gasteiger partial charge in [0, 0.05) is 10.8 Å². The lowest BCUT2D eigenvalue weighted by molar-refractivity contribution is 0.669. The lowest BCUT2D eigenvalue weighted by Gasteiger charge is -2.32. The highest BCUT2D eigenvalue weighted by Gasteiger charge is 2.50. The van der Waals surface area contributed by atoms with E-state index in [0.717, 1.165) is 21.9 Å². The Labute approximate surface area is 211 Å². The molecule has 5 aromatic rings. The van der Waals surface area contributed by atoms with E-state index in [4.69, 9.17) is 4.42 Å². The molecule has 0 N–H and O–H groups in total. The van der Waals surface area contributed by atoms with Gasteiger partial charge in [-0.25, -0.2) is 0 Å². The summed E-state index contributed by atoms with van der Waals surface area (Å²) in [5, 5.41) is 2.30. The number of rotatable bonds is 3. The predicted octanol–water partition coefficient (Wildman–Crippen LogP) is 9.49. The first-order valence-electron chi connectivity index (χ1n) is 12.4. The van der Waals surface area contributed by atoms with Crippen molar-refractivity contribution in [3.63, 3.8) is 0 Å². The summed E-state index contributed by atoms with van der Waals surface area (Å²) in [6.45, 7) is 12.9. The van der Waals surface area contributed by atoms with Gasteiger partial charge in [0.15, 0.2) is 0 Å². The van der Waals surface area contributed by atoms with Gasteiger partial charge in [-0.05, 0) is 93.8 Å². The Morgan fingerprint density at radius 1 is 0.611 bits per heavy atom. The Hall–Kier alpha value is -4.36. The number of furan rings is 1. The zero-order valence-electron chi connectivity index (χ0n) is 20.6. The smallest absolute Gasteiger partial charge is 0.135 e. The minimum Gasteiger partial charge on any atom is -0.456 e. The highest BCUT2D eigenvalue weighted by Crippen LogP contribution is 2.61. The second-order valence-electron chi connectivity index (χ2n) is 9.85. The number of hydrogen-bond donors (Lipinski definition) is 0. The molecule has 0 amide bonds. The summed E-state index contributed by atoms with van der Waals surface area (Å²) in [5.41, 5.74) is 14.3. The van der Waals surface area contributed by atoms with Crippen LogP contribution in [0.5, 0.6) is 0 Å². The fourth-order valence-electron chi connectivity index (χ4n) is 6.79. The summed E-state index contributed by atoms with van der Waals surface area (Å²) in [6, 6.07) is 30.5. The Kier molecular flexibility index (Phi) is 4.26. The third-order valence-corrected chi connectivity index (χ3v) is 8.39. The van der Waals surface area contributed by atoms with E-state index in [9.17, 15) is 0 Å². The molecule has 7 rings (SSSR count). The maximum Gasteiger partial charge on any atom is 0.135 e. The van der Waals surface area contributed by atoms with Crippen molar-refractivity contribution in [3.05, 3.63) is 144 Å². The fraction of sp³-hybridized carbons (Fsp3) is 0.0857. The first-order valence-corrected chi connectivity index (χ1v) is 12.4. The average molecular weight is 463 g/mol. The molecule has 1 spiro atoms. The van der Waals surface area contributed by atoms with Crippen molar-refractivity contribution in [2.75, 3.05) is 0 Å². The van der Waals surface area contributed by atoms with Crippen LogP contribution in [0.2, 0.25) is 0 Å². The van der Waals surface area contributed by atoms with Crippen molar-refractivity contribution in [2.24, 2.45) is 0 Å². The second kappa shape index (κ2) is 7.32. The molecule has 0 saturated heterocycles. The molecule has 2 aliphatic rings. The normalized spacial score (nSPS) is 18.4. The quantitative estimate of drug-likeness (QED) is 0.260. The van der Waals surface area contributed by atoms with Crippen LogP contribution in [0.15, 0.2) is 126 Å². The maximum absolute atomic E-state index is 6.06. The van der Waals surface area contributed by atoms with Crippen LogP contribution < -0.4 is 0 Å². The van der Waals surface area contributed by atoms with Gasteiger partial charge in [-0.3, -0.25) is 0 Å². The molecule has 1 nitrogen and oxygen atoms in total. The molecule has 4 aromatic carbocycles. The SMILES string of the molecule is C=CC1=C(C)C2(C(C)=C(C=C)c3cc(-c4ccc5oc6ccccc6c5c4)ccc32)c2ccccc21. The number of benzene rings is 4. The molecule has 2 aliphatic carbocycles. The zero-order valence-corrected chi connectivity index (χ0v) is 20.6. The number of fused-ring (bicyclic) bond motifs is 7. The minimum absolute atomic E-state index is 0.276. The average Bonchev–Trinajstić information content (AvgIpc) is 3.50. The molecule has 0 saturated carbocycles. The van der Waals surface area contributed by atoms with Gasteiger partial charge in [0.1, 0.15) is 11.2 Å². The molecule has 1 unspecified atom stereocenters. The van der Waals surface area contributed by atoms with Crippen molar-refractivity contribution in [3.8, 4) is 11.1 Å². The number of para-hydroxylation sites is 1. The highest BCUT2D eigenvalue weighted by atomic mass is 16.3. The summed E-state index contributed by atoms with van der Waals surface area (Å²) in [4.78, 5) is 0. The van der Waals surface area contributed by atoms with E-state index >= 15 is 0 Å². The maximum atomic E-state index is 6.06. The molecule has 1 aromatic heterocycles. The van der Waals surface area contributed by atoms with Crippen LogP contribution in [0.25, 0.3) is 44.2 Å². The van der Waals surface area contributed by atoms with Gasteiger partial charge in [0.2, 0.25) is 0 Å². The molecule has 1 atom stereocenters. The summed E-state index contributed by atoms with van der Waals surface area (Å²) in [6.07, 6.45) is 4.04. The second-order valence-corrected chi connectivity index (χ2v) is 9.85. The van der Waals surface area contributed by atoms with E-state index in [0.29, 0.717) is 0 Å². The van der Waals surface area contributed by atoms with Crippen LogP contribution in [0.1, 0.15) is 36.1 Å². The van der Waals surface area contributed by atoms with E-state index < -0.39 is 0 Å². The minimum atomic E-state index is -0.276. The van der Waals surface area contributed by atoms with E-state index in [-0.39, 0.29) is 5.41 Å². The first-order chi connectivity index (χ1) is 17.6. The topological polar surface area (TPSA) is 13.1 Å². The highest BCUT2D eigenvalue weighted by molar-refractivity contribution is 6.06. The van der Waals surface area contributed by atoms with Gasteiger partial charge in [-0.2, -0.15) is 0 Å². The molecule has 0 radical (unpaired) electrons. The third-order valence-electron chi connectivity index (χ3n) is 8.39. The molecule has 1 heterocycles. The lowest BCUT2D eigenvalue weighted by atomic mass is 9.69. The van der Waals surface area contributed by atoms with E-state index in [1.54, 1.807) is 0 Å². The summed E-state index contributed by atoms with van der Waals surface area (Å²) >= 11 is 0. The fourth-order valence-corrected chi connectivity index (χ4v) is 6.79. The van der Waals surface area contributed by atoms with Crippen LogP contribution in [-0.2, 0) is 5.41 Å². The van der Waals surface area contributed by atoms with Crippen LogP contribution >= 0.6 is 0 Å². The summed E-state index contributed by atoms with van der Waals surface area (Å²) in [5.74, 6) is 0. The Morgan fingerprint density at radius 2 is 1.22 bits per heavy atom. The van der Waals surface area contributed by atoms with Crippen LogP contribution in [0, 0.1) is 0 Å². The molecule has 0 bridgehead atoms. The Bertz CT molecular complexity index is 1840. The van der Waals surface area contributed by atoms with Crippen molar-refractivity contribution >= 4 is 33.1 Å². The van der Waals surface area contributed by atoms with Crippen LogP contribution in [-0.4, -0.2) is 0 Å². The standard InChI is InChI=1S/C35H26O/c1-5-25-21(3)35(31-13-9-7-11-27(25)31)22(4)26(6-2)29-19-23(15-17-32(29)35)24-16-18-34-30(20-24)28-12-8-10-14-33(28)36-34/h5-20H,1-2H2,3-4H3. The van der Waals surface area contributed by atoms with E-state index in [2.05, 4.69) is 99.8 Å². The van der Waals surface area contributed by atoms with Crippen LogP contribution in [0.4, 0.5) is 0 Å². The van der Waals surface area contributed by atoms with Crippen molar-refractivity contribution < 1.29 is 4.42 Å². The largest absolute Gasteiger partial charge is 0.456 e. The Balaban J connectivity index is 1.47. The molecule has 36 heavy (non-hydrogen) atoms. The zero-order chi connectivity index (χ0) is 24.6. The van der Waals surface area contributed by atoms with Gasteiger partial charge < -0.3 is 4.42 Å². The number of hydrogen-bond acceptors (Lipinski definition) is 1. The lowest BCUT2D eigenvalue weighted by Crippen LogP contribution is -2.26. The van der Waals surface area contributed by atoms with Gasteiger partial charge in [0.25, 0.3) is 0 Å². The Morgan fingerprint density at radius 3 is 2.03 bits per heavy atom. The predicted molar refractivity (Wildman–Crippen MR) is 152 cm³/mol. The number of allylic oxidation sites excluding steroid dienone is 6. The molecule has 172 valence electrons. The molecule has 0 fully saturated rings. The third kappa shape index (κ3) is 2.45. The summed E-state index contributed by atoms with van der Waals surface area (Å²) < 4.78 is 6.06. The van der Waals surface area contributed by atoms with E-state index in [1.165, 1.54) is 55.7 Å². The van der Waals surface area contributed by atoms with Gasteiger partial charge in [-0.1, -0.05) is 86.0 Å². The molecule has 0 aliphatic heterocycles. The van der Waals surface area contributed by atoms with Crippen LogP contribution in [0.3, 0.4) is 0 Å². The molecular weight excluding hydrogens is 436 g/mol. The molecular formula is C35H26O. The monoisotopic (exact) mass is 462 g/mol. The van der Waals surface area contributed by atoms with Gasteiger partial charge in [0.05, 0.1) is 5.41 Å². The molecule has 1 heteroatoms.